The number of nitrogens with zero attached hydrogens (tertiary/aromatic N) is 3. The maximum atomic E-state index is 12.6. The summed E-state index contributed by atoms with van der Waals surface area (Å²) >= 11 is 3.43. The number of aromatic nitrogens is 2. The van der Waals surface area contributed by atoms with Gasteiger partial charge in [0.05, 0.1) is 23.0 Å². The average molecular weight is 494 g/mol. The van der Waals surface area contributed by atoms with Gasteiger partial charge in [-0.1, -0.05) is 0 Å². The number of rotatable bonds is 5. The number of aryl methyl sites for hydroxylation is 2. The monoisotopic (exact) mass is 493 g/mol. The topological polar surface area (TPSA) is 91.5 Å². The zero-order valence-corrected chi connectivity index (χ0v) is 20.9. The van der Waals surface area contributed by atoms with E-state index < -0.39 is 12.1 Å². The van der Waals surface area contributed by atoms with Crippen molar-refractivity contribution in [3.05, 3.63) is 46.9 Å². The Morgan fingerprint density at radius 2 is 2.15 bits per heavy atom. The van der Waals surface area contributed by atoms with E-state index >= 15 is 0 Å². The van der Waals surface area contributed by atoms with E-state index in [0.29, 0.717) is 19.6 Å². The van der Waals surface area contributed by atoms with Crippen molar-refractivity contribution in [2.24, 2.45) is 0 Å². The maximum absolute atomic E-state index is 12.6. The minimum Gasteiger partial charge on any atom is -0.367 e. The average Bonchev–Trinajstić information content (AvgIpc) is 3.45. The van der Waals surface area contributed by atoms with Gasteiger partial charge >= 0.3 is 0 Å². The van der Waals surface area contributed by atoms with Crippen molar-refractivity contribution in [1.29, 1.82) is 5.26 Å². The fourth-order valence-electron chi connectivity index (χ4n) is 4.32. The van der Waals surface area contributed by atoms with Crippen molar-refractivity contribution in [2.75, 3.05) is 19.7 Å². The minimum atomic E-state index is -0.579. The van der Waals surface area contributed by atoms with Crippen LogP contribution in [0.5, 0.6) is 0 Å². The van der Waals surface area contributed by atoms with Crippen LogP contribution in [0.4, 0.5) is 0 Å². The van der Waals surface area contributed by atoms with Crippen LogP contribution < -0.4 is 10.6 Å². The number of thiophene rings is 2. The Morgan fingerprint density at radius 1 is 1.29 bits per heavy atom. The molecule has 0 bridgehead atoms. The van der Waals surface area contributed by atoms with E-state index in [9.17, 15) is 10.1 Å². The Hall–Kier alpha value is -2.77. The summed E-state index contributed by atoms with van der Waals surface area (Å²) in [6.07, 6.45) is 6.12. The second-order valence-corrected chi connectivity index (χ2v) is 11.0. The number of carbonyl (C=O) groups excluding carboxylic acids is 1. The predicted octanol–water partition coefficient (Wildman–Crippen LogP) is 4.21. The first-order valence-corrected chi connectivity index (χ1v) is 13.1. The fourth-order valence-corrected chi connectivity index (χ4v) is 6.77. The molecule has 9 heteroatoms. The number of carbonyl (C=O) groups is 1. The van der Waals surface area contributed by atoms with Gasteiger partial charge in [0.15, 0.2) is 0 Å². The van der Waals surface area contributed by atoms with Crippen LogP contribution in [-0.2, 0) is 16.0 Å². The summed E-state index contributed by atoms with van der Waals surface area (Å²) in [7, 11) is 0. The van der Waals surface area contributed by atoms with Gasteiger partial charge in [-0.2, -0.15) is 5.26 Å². The molecule has 5 heterocycles. The minimum absolute atomic E-state index is 0.220. The number of fused-ring (bicyclic) bond motifs is 2. The molecule has 1 aliphatic rings. The molecule has 1 fully saturated rings. The molecule has 1 saturated heterocycles. The Balaban J connectivity index is 1.28. The van der Waals surface area contributed by atoms with Gasteiger partial charge in [0.1, 0.15) is 12.1 Å². The van der Waals surface area contributed by atoms with E-state index in [1.54, 1.807) is 22.7 Å². The molecule has 1 aliphatic heterocycles. The maximum Gasteiger partial charge on any atom is 0.251 e. The van der Waals surface area contributed by atoms with E-state index in [1.165, 1.54) is 19.8 Å². The lowest BCUT2D eigenvalue weighted by atomic mass is 10.2. The van der Waals surface area contributed by atoms with Gasteiger partial charge in [0.25, 0.3) is 5.91 Å². The number of nitrogens with one attached hydrogen (secondary N) is 2. The Labute approximate surface area is 206 Å². The van der Waals surface area contributed by atoms with E-state index in [4.69, 9.17) is 4.74 Å². The zero-order chi connectivity index (χ0) is 23.7. The van der Waals surface area contributed by atoms with Crippen molar-refractivity contribution >= 4 is 43.5 Å². The first-order chi connectivity index (χ1) is 16.5. The molecular formula is C25H27N5O2S2. The van der Waals surface area contributed by atoms with Gasteiger partial charge in [-0.3, -0.25) is 9.78 Å². The van der Waals surface area contributed by atoms with E-state index in [-0.39, 0.29) is 5.91 Å². The Morgan fingerprint density at radius 3 is 2.97 bits per heavy atom. The first kappa shape index (κ1) is 23.0. The summed E-state index contributed by atoms with van der Waals surface area (Å²) in [5, 5.41) is 15.7. The number of amides is 1. The molecule has 0 aliphatic carbocycles. The zero-order valence-electron chi connectivity index (χ0n) is 19.3. The van der Waals surface area contributed by atoms with Crippen LogP contribution in [0, 0.1) is 25.2 Å². The number of hydrogen-bond donors (Lipinski definition) is 2. The van der Waals surface area contributed by atoms with Crippen molar-refractivity contribution in [3.63, 3.8) is 0 Å². The van der Waals surface area contributed by atoms with E-state index in [1.807, 2.05) is 20.0 Å². The van der Waals surface area contributed by atoms with Gasteiger partial charge in [-0.05, 0) is 51.4 Å². The molecule has 4 aromatic heterocycles. The third kappa shape index (κ3) is 4.86. The van der Waals surface area contributed by atoms with Gasteiger partial charge < -0.3 is 19.8 Å². The van der Waals surface area contributed by atoms with Crippen LogP contribution in [-0.4, -0.2) is 47.1 Å². The first-order valence-electron chi connectivity index (χ1n) is 11.5. The SMILES string of the molecule is Cc1cn2cc(-c3cc4sc(C[C@H](C#N)NC(=O)[C@@H]5CNCCCCO5)cc4s3)cc2c(C)n1. The highest BCUT2D eigenvalue weighted by atomic mass is 32.1. The third-order valence-corrected chi connectivity index (χ3v) is 8.36. The summed E-state index contributed by atoms with van der Waals surface area (Å²) in [5.74, 6) is -0.220. The fraction of sp³-hybridized carbons (Fsp3) is 0.400. The molecule has 0 radical (unpaired) electrons. The Bertz CT molecular complexity index is 1340. The molecule has 0 aromatic carbocycles. The van der Waals surface area contributed by atoms with Crippen molar-refractivity contribution in [3.8, 4) is 16.5 Å². The summed E-state index contributed by atoms with van der Waals surface area (Å²) in [5.41, 5.74) is 4.33. The molecule has 0 unspecified atom stereocenters. The van der Waals surface area contributed by atoms with Crippen molar-refractivity contribution in [2.45, 2.75) is 45.3 Å². The van der Waals surface area contributed by atoms with Crippen LogP contribution in [0.1, 0.15) is 29.1 Å². The van der Waals surface area contributed by atoms with Crippen LogP contribution in [0.25, 0.3) is 25.4 Å². The molecule has 0 saturated carbocycles. The molecule has 2 atom stereocenters. The second kappa shape index (κ2) is 9.84. The van der Waals surface area contributed by atoms with E-state index in [2.05, 4.69) is 50.5 Å². The lowest BCUT2D eigenvalue weighted by Gasteiger charge is -2.22. The van der Waals surface area contributed by atoms with Gasteiger partial charge in [0.2, 0.25) is 0 Å². The quantitative estimate of drug-likeness (QED) is 0.435. The lowest BCUT2D eigenvalue weighted by Crippen LogP contribution is -2.47. The van der Waals surface area contributed by atoms with Crippen molar-refractivity contribution < 1.29 is 9.53 Å². The predicted molar refractivity (Wildman–Crippen MR) is 136 cm³/mol. The van der Waals surface area contributed by atoms with Crippen LogP contribution in [0.2, 0.25) is 0 Å². The molecule has 4 aromatic rings. The molecule has 34 heavy (non-hydrogen) atoms. The molecule has 176 valence electrons. The normalized spacial score (nSPS) is 17.9. The smallest absolute Gasteiger partial charge is 0.251 e. The van der Waals surface area contributed by atoms with E-state index in [0.717, 1.165) is 41.2 Å². The summed E-state index contributed by atoms with van der Waals surface area (Å²) in [4.78, 5) is 19.5. The van der Waals surface area contributed by atoms with Crippen LogP contribution >= 0.6 is 22.7 Å². The van der Waals surface area contributed by atoms with Gasteiger partial charge in [-0.25, -0.2) is 0 Å². The molecule has 2 N–H and O–H groups in total. The molecule has 1 amide bonds. The number of hydrogen-bond acceptors (Lipinski definition) is 7. The molecular weight excluding hydrogens is 466 g/mol. The molecule has 0 spiro atoms. The lowest BCUT2D eigenvalue weighted by molar-refractivity contribution is -0.133. The summed E-state index contributed by atoms with van der Waals surface area (Å²) in [6.45, 7) is 5.99. The molecule has 5 rings (SSSR count). The van der Waals surface area contributed by atoms with Gasteiger partial charge in [0, 0.05) is 56.7 Å². The summed E-state index contributed by atoms with van der Waals surface area (Å²) < 4.78 is 10.2. The Kier molecular flexibility index (Phi) is 6.66. The number of nitriles is 1. The summed E-state index contributed by atoms with van der Waals surface area (Å²) in [6, 6.07) is 8.21. The van der Waals surface area contributed by atoms with Crippen LogP contribution in [0.15, 0.2) is 30.6 Å². The standard InChI is InChI=1S/C25H27N5O2S2/c1-15-13-30-14-17(7-20(30)16(2)28-15)22-10-24-23(34-22)9-19(33-24)8-18(11-26)29-25(31)21-12-27-5-3-4-6-32-21/h7,9-10,13-14,18,21,27H,3-6,8,12H2,1-2H3,(H,29,31)/t18-,21+/m1/s1. The van der Waals surface area contributed by atoms with Crippen LogP contribution in [0.3, 0.4) is 0 Å². The largest absolute Gasteiger partial charge is 0.367 e. The molecule has 7 nitrogen and oxygen atoms in total. The highest BCUT2D eigenvalue weighted by Gasteiger charge is 2.23. The van der Waals surface area contributed by atoms with Gasteiger partial charge in [-0.15, -0.1) is 22.7 Å². The second-order valence-electron chi connectivity index (χ2n) is 8.71. The third-order valence-electron chi connectivity index (χ3n) is 6.00. The van der Waals surface area contributed by atoms with Crippen molar-refractivity contribution in [1.82, 2.24) is 20.0 Å². The highest BCUT2D eigenvalue weighted by Crippen LogP contribution is 2.39. The number of ether oxygens (including phenoxy) is 1. The highest BCUT2D eigenvalue weighted by molar-refractivity contribution is 7.29.